The SMILES string of the molecule is CNc1nc(-c2ccccc2N(C)C)c(C(C)NC)s1. The first-order valence-corrected chi connectivity index (χ1v) is 7.52. The predicted octanol–water partition coefficient (Wildman–Crippen LogP) is 3.20. The van der Waals surface area contributed by atoms with Crippen molar-refractivity contribution in [1.82, 2.24) is 10.3 Å². The van der Waals surface area contributed by atoms with Gasteiger partial charge in [-0.15, -0.1) is 0 Å². The molecule has 2 rings (SSSR count). The Balaban J connectivity index is 2.60. The van der Waals surface area contributed by atoms with Crippen LogP contribution in [0, 0.1) is 0 Å². The number of benzene rings is 1. The van der Waals surface area contributed by atoms with E-state index in [1.165, 1.54) is 16.1 Å². The van der Waals surface area contributed by atoms with Crippen molar-refractivity contribution in [2.45, 2.75) is 13.0 Å². The van der Waals surface area contributed by atoms with E-state index >= 15 is 0 Å². The standard InChI is InChI=1S/C15H22N4S/c1-10(16-2)14-13(18-15(17-3)20-14)11-8-6-7-9-12(11)19(4)5/h6-10,16H,1-5H3,(H,17,18). The summed E-state index contributed by atoms with van der Waals surface area (Å²) < 4.78 is 0. The van der Waals surface area contributed by atoms with E-state index in [9.17, 15) is 0 Å². The monoisotopic (exact) mass is 290 g/mol. The molecular weight excluding hydrogens is 268 g/mol. The highest BCUT2D eigenvalue weighted by molar-refractivity contribution is 7.16. The number of aromatic nitrogens is 1. The average Bonchev–Trinajstić information content (AvgIpc) is 2.90. The molecule has 0 aliphatic carbocycles. The number of anilines is 2. The lowest BCUT2D eigenvalue weighted by molar-refractivity contribution is 0.664. The molecule has 5 heteroatoms. The smallest absolute Gasteiger partial charge is 0.183 e. The number of para-hydroxylation sites is 1. The zero-order valence-corrected chi connectivity index (χ0v) is 13.5. The molecule has 2 aromatic rings. The van der Waals surface area contributed by atoms with E-state index in [0.29, 0.717) is 0 Å². The third-order valence-electron chi connectivity index (χ3n) is 3.33. The van der Waals surface area contributed by atoms with Gasteiger partial charge in [-0.1, -0.05) is 29.5 Å². The molecule has 0 radical (unpaired) electrons. The van der Waals surface area contributed by atoms with Crippen LogP contribution in [0.4, 0.5) is 10.8 Å². The molecule has 0 bridgehead atoms. The van der Waals surface area contributed by atoms with Crippen molar-refractivity contribution in [2.24, 2.45) is 0 Å². The lowest BCUT2D eigenvalue weighted by atomic mass is 10.1. The maximum atomic E-state index is 4.75. The largest absolute Gasteiger partial charge is 0.377 e. The number of thiazole rings is 1. The first-order chi connectivity index (χ1) is 9.58. The number of hydrogen-bond acceptors (Lipinski definition) is 5. The van der Waals surface area contributed by atoms with Crippen LogP contribution >= 0.6 is 11.3 Å². The van der Waals surface area contributed by atoms with Crippen molar-refractivity contribution < 1.29 is 0 Å². The van der Waals surface area contributed by atoms with Crippen LogP contribution in [0.25, 0.3) is 11.3 Å². The average molecular weight is 290 g/mol. The minimum absolute atomic E-state index is 0.278. The van der Waals surface area contributed by atoms with Gasteiger partial charge in [0.05, 0.1) is 10.6 Å². The number of hydrogen-bond donors (Lipinski definition) is 2. The molecule has 1 aromatic carbocycles. The summed E-state index contributed by atoms with van der Waals surface area (Å²) in [7, 11) is 8.01. The van der Waals surface area contributed by atoms with Crippen molar-refractivity contribution in [3.8, 4) is 11.3 Å². The van der Waals surface area contributed by atoms with E-state index in [2.05, 4.69) is 60.8 Å². The molecule has 0 saturated carbocycles. The molecular formula is C15H22N4S. The Morgan fingerprint density at radius 1 is 1.20 bits per heavy atom. The minimum atomic E-state index is 0.278. The second-order valence-electron chi connectivity index (χ2n) is 4.90. The first-order valence-electron chi connectivity index (χ1n) is 6.71. The molecule has 0 saturated heterocycles. The molecule has 1 unspecified atom stereocenters. The summed E-state index contributed by atoms with van der Waals surface area (Å²) in [5.41, 5.74) is 3.42. The third kappa shape index (κ3) is 2.78. The first kappa shape index (κ1) is 14.8. The van der Waals surface area contributed by atoms with Crippen LogP contribution in [0.1, 0.15) is 17.8 Å². The fraction of sp³-hybridized carbons (Fsp3) is 0.400. The Hall–Kier alpha value is -1.59. The Morgan fingerprint density at radius 2 is 1.90 bits per heavy atom. The molecule has 108 valence electrons. The number of nitrogens with one attached hydrogen (secondary N) is 2. The lowest BCUT2D eigenvalue weighted by Crippen LogP contribution is -2.13. The zero-order chi connectivity index (χ0) is 14.7. The maximum Gasteiger partial charge on any atom is 0.183 e. The Labute approximate surface area is 124 Å². The van der Waals surface area contributed by atoms with Crippen molar-refractivity contribution >= 4 is 22.2 Å². The van der Waals surface area contributed by atoms with Gasteiger partial charge >= 0.3 is 0 Å². The highest BCUT2D eigenvalue weighted by Crippen LogP contribution is 2.38. The quantitative estimate of drug-likeness (QED) is 0.887. The van der Waals surface area contributed by atoms with Crippen LogP contribution in [-0.4, -0.2) is 33.2 Å². The van der Waals surface area contributed by atoms with E-state index in [1.54, 1.807) is 11.3 Å². The van der Waals surface area contributed by atoms with Gasteiger partial charge in [0.2, 0.25) is 0 Å². The van der Waals surface area contributed by atoms with E-state index in [1.807, 2.05) is 14.1 Å². The number of rotatable bonds is 5. The highest BCUT2D eigenvalue weighted by Gasteiger charge is 2.19. The molecule has 0 fully saturated rings. The molecule has 0 spiro atoms. The second-order valence-corrected chi connectivity index (χ2v) is 5.93. The molecule has 1 heterocycles. The normalized spacial score (nSPS) is 12.2. The summed E-state index contributed by atoms with van der Waals surface area (Å²) in [6, 6.07) is 8.66. The Morgan fingerprint density at radius 3 is 2.50 bits per heavy atom. The topological polar surface area (TPSA) is 40.2 Å². The van der Waals surface area contributed by atoms with Gasteiger partial charge in [-0.05, 0) is 20.0 Å². The number of nitrogens with zero attached hydrogens (tertiary/aromatic N) is 2. The molecule has 2 N–H and O–H groups in total. The van der Waals surface area contributed by atoms with Crippen LogP contribution in [0.5, 0.6) is 0 Å². The maximum absolute atomic E-state index is 4.75. The van der Waals surface area contributed by atoms with E-state index < -0.39 is 0 Å². The molecule has 0 aliphatic rings. The van der Waals surface area contributed by atoms with Crippen LogP contribution in [-0.2, 0) is 0 Å². The molecule has 1 atom stereocenters. The summed E-state index contributed by atoms with van der Waals surface area (Å²) in [4.78, 5) is 8.13. The zero-order valence-electron chi connectivity index (χ0n) is 12.7. The lowest BCUT2D eigenvalue weighted by Gasteiger charge is -2.18. The molecule has 1 aromatic heterocycles. The third-order valence-corrected chi connectivity index (χ3v) is 4.59. The Kier molecular flexibility index (Phi) is 4.62. The molecule has 0 aliphatic heterocycles. The van der Waals surface area contributed by atoms with Gasteiger partial charge < -0.3 is 15.5 Å². The fourth-order valence-electron chi connectivity index (χ4n) is 2.12. The van der Waals surface area contributed by atoms with Gasteiger partial charge in [0.1, 0.15) is 0 Å². The molecule has 20 heavy (non-hydrogen) atoms. The van der Waals surface area contributed by atoms with Crippen LogP contribution < -0.4 is 15.5 Å². The van der Waals surface area contributed by atoms with Gasteiger partial charge in [0.15, 0.2) is 5.13 Å². The van der Waals surface area contributed by atoms with E-state index in [4.69, 9.17) is 4.98 Å². The summed E-state index contributed by atoms with van der Waals surface area (Å²) >= 11 is 1.70. The van der Waals surface area contributed by atoms with Crippen molar-refractivity contribution in [3.63, 3.8) is 0 Å². The summed E-state index contributed by atoms with van der Waals surface area (Å²) in [5.74, 6) is 0. The minimum Gasteiger partial charge on any atom is -0.377 e. The van der Waals surface area contributed by atoms with Gasteiger partial charge in [0.25, 0.3) is 0 Å². The van der Waals surface area contributed by atoms with Gasteiger partial charge in [-0.25, -0.2) is 4.98 Å². The van der Waals surface area contributed by atoms with E-state index in [0.717, 1.165) is 10.8 Å². The Bertz CT molecular complexity index is 577. The fourth-order valence-corrected chi connectivity index (χ4v) is 3.11. The van der Waals surface area contributed by atoms with E-state index in [-0.39, 0.29) is 6.04 Å². The molecule has 4 nitrogen and oxygen atoms in total. The summed E-state index contributed by atoms with van der Waals surface area (Å²) in [6.07, 6.45) is 0. The van der Waals surface area contributed by atoms with Crippen molar-refractivity contribution in [3.05, 3.63) is 29.1 Å². The van der Waals surface area contributed by atoms with Crippen LogP contribution in [0.2, 0.25) is 0 Å². The predicted molar refractivity (Wildman–Crippen MR) is 88.9 cm³/mol. The van der Waals surface area contributed by atoms with Crippen molar-refractivity contribution in [1.29, 1.82) is 0 Å². The summed E-state index contributed by atoms with van der Waals surface area (Å²) in [6.45, 7) is 2.16. The second kappa shape index (κ2) is 6.24. The summed E-state index contributed by atoms with van der Waals surface area (Å²) in [5, 5.41) is 7.41. The van der Waals surface area contributed by atoms with Crippen LogP contribution in [0.15, 0.2) is 24.3 Å². The van der Waals surface area contributed by atoms with Crippen LogP contribution in [0.3, 0.4) is 0 Å². The van der Waals surface area contributed by atoms with Gasteiger partial charge in [0, 0.05) is 38.4 Å². The van der Waals surface area contributed by atoms with Gasteiger partial charge in [-0.3, -0.25) is 0 Å². The molecule has 0 amide bonds. The van der Waals surface area contributed by atoms with Crippen molar-refractivity contribution in [2.75, 3.05) is 38.4 Å². The van der Waals surface area contributed by atoms with Gasteiger partial charge in [-0.2, -0.15) is 0 Å². The highest BCUT2D eigenvalue weighted by atomic mass is 32.1.